The zero-order valence-electron chi connectivity index (χ0n) is 16.4. The summed E-state index contributed by atoms with van der Waals surface area (Å²) >= 11 is 0. The Kier molecular flexibility index (Phi) is 9.33. The summed E-state index contributed by atoms with van der Waals surface area (Å²) in [6, 6.07) is 0.660. The van der Waals surface area contributed by atoms with Crippen molar-refractivity contribution in [3.05, 3.63) is 22.7 Å². The lowest BCUT2D eigenvalue weighted by molar-refractivity contribution is -0.139. The molecule has 164 valence electrons. The smallest absolute Gasteiger partial charge is 0.351 e. The number of hydrogen-bond donors (Lipinski definition) is 6. The molecule has 0 bridgehead atoms. The minimum absolute atomic E-state index is 0.0718. The topological polar surface area (TPSA) is 197 Å². The van der Waals surface area contributed by atoms with E-state index in [0.29, 0.717) is 0 Å². The minimum Gasteiger partial charge on any atom is -0.480 e. The van der Waals surface area contributed by atoms with Crippen LogP contribution in [0, 0.1) is 5.92 Å². The Balaban J connectivity index is 0.000000396. The third-order valence-corrected chi connectivity index (χ3v) is 4.47. The first-order valence-electron chi connectivity index (χ1n) is 9.01. The Bertz CT molecular complexity index is 755. The normalized spacial score (nSPS) is 25.5. The summed E-state index contributed by atoms with van der Waals surface area (Å²) in [5.74, 6) is -1.14. The van der Waals surface area contributed by atoms with Gasteiger partial charge in [0, 0.05) is 13.1 Å². The molecule has 1 aromatic rings. The van der Waals surface area contributed by atoms with Crippen LogP contribution in [0.1, 0.15) is 33.4 Å². The molecule has 0 radical (unpaired) electrons. The SMILES string of the molecule is CC(=O)Nc1ccn([C@@H]2O[C@H](CO)[C@@H](O)[C@H]2O)c(=O)n1.CCC(C)C(N)C(=O)O. The molecule has 7 N–H and O–H groups in total. The summed E-state index contributed by atoms with van der Waals surface area (Å²) in [5.41, 5.74) is 4.51. The number of amides is 1. The van der Waals surface area contributed by atoms with Gasteiger partial charge in [-0.1, -0.05) is 20.3 Å². The predicted molar refractivity (Wildman–Crippen MR) is 101 cm³/mol. The number of aliphatic carboxylic acids is 1. The van der Waals surface area contributed by atoms with E-state index < -0.39 is 48.8 Å². The zero-order valence-corrected chi connectivity index (χ0v) is 16.4. The predicted octanol–water partition coefficient (Wildman–Crippen LogP) is -1.74. The van der Waals surface area contributed by atoms with E-state index in [0.717, 1.165) is 11.0 Å². The first-order valence-corrected chi connectivity index (χ1v) is 9.01. The molecule has 0 saturated carbocycles. The van der Waals surface area contributed by atoms with Gasteiger partial charge >= 0.3 is 11.7 Å². The molecule has 1 aromatic heterocycles. The number of aliphatic hydroxyl groups is 3. The highest BCUT2D eigenvalue weighted by atomic mass is 16.6. The molecule has 2 unspecified atom stereocenters. The summed E-state index contributed by atoms with van der Waals surface area (Å²) in [7, 11) is 0. The average molecular weight is 416 g/mol. The lowest BCUT2D eigenvalue weighted by Crippen LogP contribution is -2.36. The lowest BCUT2D eigenvalue weighted by Gasteiger charge is -2.17. The minimum atomic E-state index is -1.36. The van der Waals surface area contributed by atoms with Crippen LogP contribution in [0.15, 0.2) is 17.1 Å². The molecule has 1 fully saturated rings. The van der Waals surface area contributed by atoms with E-state index in [9.17, 15) is 24.6 Å². The van der Waals surface area contributed by atoms with Crippen LogP contribution in [0.3, 0.4) is 0 Å². The molecule has 1 aliphatic rings. The second-order valence-corrected chi connectivity index (χ2v) is 6.66. The Labute approximate surface area is 166 Å². The van der Waals surface area contributed by atoms with Gasteiger partial charge in [0.2, 0.25) is 5.91 Å². The monoisotopic (exact) mass is 416 g/mol. The lowest BCUT2D eigenvalue weighted by atomic mass is 10.0. The fraction of sp³-hybridized carbons (Fsp3) is 0.647. The number of ether oxygens (including phenoxy) is 1. The number of nitrogens with zero attached hydrogens (tertiary/aromatic N) is 2. The Morgan fingerprint density at radius 1 is 1.38 bits per heavy atom. The molecule has 2 heterocycles. The van der Waals surface area contributed by atoms with Gasteiger partial charge in [0.05, 0.1) is 6.61 Å². The maximum atomic E-state index is 11.8. The van der Waals surface area contributed by atoms with Crippen molar-refractivity contribution in [1.29, 1.82) is 0 Å². The number of carbonyl (C=O) groups excluding carboxylic acids is 1. The van der Waals surface area contributed by atoms with Crippen molar-refractivity contribution in [2.24, 2.45) is 11.7 Å². The first kappa shape index (κ1) is 24.7. The molecule has 0 aliphatic carbocycles. The molecular formula is C17H28N4O8. The van der Waals surface area contributed by atoms with Gasteiger partial charge in [-0.2, -0.15) is 4.98 Å². The highest BCUT2D eigenvalue weighted by molar-refractivity contribution is 5.87. The van der Waals surface area contributed by atoms with Crippen LogP contribution in [0.4, 0.5) is 5.82 Å². The number of rotatable bonds is 6. The molecule has 1 saturated heterocycles. The van der Waals surface area contributed by atoms with E-state index in [2.05, 4.69) is 10.3 Å². The van der Waals surface area contributed by atoms with Crippen LogP contribution in [-0.4, -0.2) is 72.8 Å². The maximum absolute atomic E-state index is 11.8. The van der Waals surface area contributed by atoms with Crippen LogP contribution in [0.5, 0.6) is 0 Å². The second-order valence-electron chi connectivity index (χ2n) is 6.66. The van der Waals surface area contributed by atoms with Crippen molar-refractivity contribution in [2.75, 3.05) is 11.9 Å². The van der Waals surface area contributed by atoms with E-state index in [1.165, 1.54) is 19.2 Å². The number of aromatic nitrogens is 2. The Hall–Kier alpha value is -2.38. The van der Waals surface area contributed by atoms with E-state index in [-0.39, 0.29) is 17.6 Å². The number of carboxylic acid groups (broad SMARTS) is 1. The van der Waals surface area contributed by atoms with E-state index >= 15 is 0 Å². The van der Waals surface area contributed by atoms with Gasteiger partial charge < -0.3 is 36.2 Å². The number of aliphatic hydroxyl groups excluding tert-OH is 3. The van der Waals surface area contributed by atoms with Crippen LogP contribution in [0.2, 0.25) is 0 Å². The molecule has 0 spiro atoms. The van der Waals surface area contributed by atoms with Crippen molar-refractivity contribution < 1.29 is 34.8 Å². The van der Waals surface area contributed by atoms with Crippen molar-refractivity contribution in [3.8, 4) is 0 Å². The van der Waals surface area contributed by atoms with Gasteiger partial charge in [0.1, 0.15) is 30.2 Å². The molecule has 1 amide bonds. The van der Waals surface area contributed by atoms with Gasteiger partial charge in [-0.25, -0.2) is 4.79 Å². The van der Waals surface area contributed by atoms with Crippen molar-refractivity contribution in [2.45, 2.75) is 57.8 Å². The fourth-order valence-corrected chi connectivity index (χ4v) is 2.46. The van der Waals surface area contributed by atoms with E-state index in [4.69, 9.17) is 20.7 Å². The van der Waals surface area contributed by atoms with E-state index in [1.54, 1.807) is 0 Å². The molecule has 2 rings (SSSR count). The van der Waals surface area contributed by atoms with Gasteiger partial charge in [0.25, 0.3) is 0 Å². The Morgan fingerprint density at radius 3 is 2.38 bits per heavy atom. The largest absolute Gasteiger partial charge is 0.480 e. The first-order chi connectivity index (χ1) is 13.5. The van der Waals surface area contributed by atoms with Crippen molar-refractivity contribution in [3.63, 3.8) is 0 Å². The number of carboxylic acids is 1. The third-order valence-electron chi connectivity index (χ3n) is 4.47. The fourth-order valence-electron chi connectivity index (χ4n) is 2.46. The van der Waals surface area contributed by atoms with Crippen LogP contribution >= 0.6 is 0 Å². The van der Waals surface area contributed by atoms with Crippen LogP contribution in [-0.2, 0) is 14.3 Å². The third kappa shape index (κ3) is 6.58. The molecular weight excluding hydrogens is 388 g/mol. The molecule has 6 atom stereocenters. The molecule has 1 aliphatic heterocycles. The second kappa shape index (κ2) is 11.0. The summed E-state index contributed by atoms with van der Waals surface area (Å²) < 4.78 is 6.19. The molecule has 0 aromatic carbocycles. The van der Waals surface area contributed by atoms with Crippen molar-refractivity contribution >= 4 is 17.7 Å². The highest BCUT2D eigenvalue weighted by Crippen LogP contribution is 2.28. The molecule has 12 heteroatoms. The van der Waals surface area contributed by atoms with Gasteiger partial charge in [-0.15, -0.1) is 0 Å². The summed E-state index contributed by atoms with van der Waals surface area (Å²) in [4.78, 5) is 36.5. The van der Waals surface area contributed by atoms with Gasteiger partial charge in [0.15, 0.2) is 6.23 Å². The zero-order chi connectivity index (χ0) is 22.3. The molecule has 12 nitrogen and oxygen atoms in total. The van der Waals surface area contributed by atoms with Gasteiger partial charge in [-0.05, 0) is 12.0 Å². The highest BCUT2D eigenvalue weighted by Gasteiger charge is 2.43. The number of carbonyl (C=O) groups is 2. The summed E-state index contributed by atoms with van der Waals surface area (Å²) in [5, 5.41) is 39.1. The summed E-state index contributed by atoms with van der Waals surface area (Å²) in [6.07, 6.45) is -2.69. The number of anilines is 1. The quantitative estimate of drug-likeness (QED) is 0.309. The number of hydrogen-bond acceptors (Lipinski definition) is 9. The molecule has 29 heavy (non-hydrogen) atoms. The Morgan fingerprint density at radius 2 is 2.00 bits per heavy atom. The number of nitrogens with two attached hydrogens (primary N) is 1. The van der Waals surface area contributed by atoms with Gasteiger partial charge in [-0.3, -0.25) is 14.2 Å². The maximum Gasteiger partial charge on any atom is 0.351 e. The van der Waals surface area contributed by atoms with Crippen LogP contribution < -0.4 is 16.7 Å². The summed E-state index contributed by atoms with van der Waals surface area (Å²) in [6.45, 7) is 4.55. The van der Waals surface area contributed by atoms with Crippen molar-refractivity contribution in [1.82, 2.24) is 9.55 Å². The van der Waals surface area contributed by atoms with E-state index in [1.807, 2.05) is 13.8 Å². The average Bonchev–Trinajstić information content (AvgIpc) is 2.95. The number of nitrogens with one attached hydrogen (secondary N) is 1. The standard InChI is InChI=1S/C11H15N3O6.C6H13NO2/c1-5(16)12-7-2-3-14(11(19)13-7)10-9(18)8(17)6(4-15)20-10;1-3-4(2)5(7)6(8)9/h2-3,6,8-10,15,17-18H,4H2,1H3,(H,12,13,16,19);4-5H,3,7H2,1-2H3,(H,8,9)/t6-,8-,9-,10-;/m1./s1. The van der Waals surface area contributed by atoms with Crippen LogP contribution in [0.25, 0.3) is 0 Å².